The van der Waals surface area contributed by atoms with Gasteiger partial charge in [0.2, 0.25) is 11.8 Å². The van der Waals surface area contributed by atoms with E-state index in [0.717, 1.165) is 27.2 Å². The lowest BCUT2D eigenvalue weighted by Crippen LogP contribution is -2.70. The van der Waals surface area contributed by atoms with Gasteiger partial charge in [-0.1, -0.05) is 60.7 Å². The molecule has 4 amide bonds. The molecule has 2 aromatic carbocycles. The molecule has 1 N–H and O–H groups in total. The number of rotatable bonds is 2. The van der Waals surface area contributed by atoms with Crippen LogP contribution >= 0.6 is 0 Å². The van der Waals surface area contributed by atoms with Crippen molar-refractivity contribution in [3.8, 4) is 0 Å². The summed E-state index contributed by atoms with van der Waals surface area (Å²) in [7, 11) is 0. The van der Waals surface area contributed by atoms with Crippen LogP contribution in [0.5, 0.6) is 0 Å². The number of nitrogens with one attached hydrogen (secondary N) is 1. The molecule has 3 aliphatic heterocycles. The summed E-state index contributed by atoms with van der Waals surface area (Å²) >= 11 is 0. The van der Waals surface area contributed by atoms with E-state index in [0.29, 0.717) is 30.0 Å². The van der Waals surface area contributed by atoms with Crippen molar-refractivity contribution >= 4 is 29.3 Å². The maximum atomic E-state index is 14.5. The molecule has 0 unspecified atom stereocenters. The van der Waals surface area contributed by atoms with Crippen molar-refractivity contribution < 1.29 is 14.4 Å². The average molecular weight is 520 g/mol. The number of urea groups is 1. The number of hydrogen-bond acceptors (Lipinski definition) is 6. The molecule has 7 rings (SSSR count). The highest BCUT2D eigenvalue weighted by Crippen LogP contribution is 2.52. The Morgan fingerprint density at radius 1 is 0.974 bits per heavy atom. The molecular formula is C30H25N5O4. The van der Waals surface area contributed by atoms with Gasteiger partial charge in [-0.05, 0) is 41.7 Å². The second-order valence-electron chi connectivity index (χ2n) is 10.4. The first kappa shape index (κ1) is 23.3. The van der Waals surface area contributed by atoms with Crippen LogP contribution < -0.4 is 15.8 Å². The van der Waals surface area contributed by atoms with Crippen LogP contribution in [0.15, 0.2) is 77.7 Å². The fraction of sp³-hybridized carbons (Fsp3) is 0.233. The van der Waals surface area contributed by atoms with Crippen LogP contribution in [0, 0.1) is 12.3 Å². The van der Waals surface area contributed by atoms with E-state index in [1.54, 1.807) is 12.3 Å². The van der Waals surface area contributed by atoms with Gasteiger partial charge in [0.25, 0.3) is 5.56 Å². The first-order valence-electron chi connectivity index (χ1n) is 13.0. The molecule has 3 aliphatic rings. The normalized spacial score (nSPS) is 22.0. The van der Waals surface area contributed by atoms with Crippen molar-refractivity contribution in [2.45, 2.75) is 32.4 Å². The number of anilines is 1. The van der Waals surface area contributed by atoms with Crippen LogP contribution in [-0.4, -0.2) is 38.7 Å². The smallest absolute Gasteiger partial charge is 0.331 e. The van der Waals surface area contributed by atoms with Crippen LogP contribution in [0.3, 0.4) is 0 Å². The van der Waals surface area contributed by atoms with E-state index in [1.807, 2.05) is 72.5 Å². The van der Waals surface area contributed by atoms with E-state index in [4.69, 9.17) is 4.98 Å². The molecule has 39 heavy (non-hydrogen) atoms. The molecule has 0 bridgehead atoms. The summed E-state index contributed by atoms with van der Waals surface area (Å²) in [6.07, 6.45) is 2.15. The Hall–Kier alpha value is -4.79. The molecular weight excluding hydrogens is 494 g/mol. The van der Waals surface area contributed by atoms with Gasteiger partial charge in [-0.3, -0.25) is 29.0 Å². The number of imide groups is 2. The molecule has 0 saturated carbocycles. The van der Waals surface area contributed by atoms with Crippen molar-refractivity contribution in [2.75, 3.05) is 11.4 Å². The number of fused-ring (bicyclic) bond motifs is 7. The number of aromatic nitrogens is 2. The molecule has 0 radical (unpaired) electrons. The number of carbonyl (C=O) groups is 3. The molecule has 0 aliphatic carbocycles. The predicted octanol–water partition coefficient (Wildman–Crippen LogP) is 2.93. The number of aryl methyl sites for hydroxylation is 1. The maximum absolute atomic E-state index is 14.5. The zero-order valence-electron chi connectivity index (χ0n) is 21.3. The third-order valence-electron chi connectivity index (χ3n) is 8.28. The lowest BCUT2D eigenvalue weighted by atomic mass is 9.65. The highest BCUT2D eigenvalue weighted by atomic mass is 16.2. The molecule has 4 aromatic rings. The Bertz CT molecular complexity index is 1760. The SMILES string of the molecule is Cc1cccn2c(=O)c3c(nc12)N1CCc2ccccc2[C@@H]1[C@]1(C3)C(=O)NC(=O)N(Cc2ccccc2)C1=O. The summed E-state index contributed by atoms with van der Waals surface area (Å²) in [6, 6.07) is 19.1. The van der Waals surface area contributed by atoms with E-state index in [1.165, 1.54) is 4.40 Å². The predicted molar refractivity (Wildman–Crippen MR) is 143 cm³/mol. The average Bonchev–Trinajstić information content (AvgIpc) is 2.95. The van der Waals surface area contributed by atoms with Crippen molar-refractivity contribution in [3.63, 3.8) is 0 Å². The topological polar surface area (TPSA) is 104 Å². The Morgan fingerprint density at radius 2 is 1.74 bits per heavy atom. The molecule has 1 spiro atoms. The van der Waals surface area contributed by atoms with Gasteiger partial charge in [0, 0.05) is 19.2 Å². The van der Waals surface area contributed by atoms with Gasteiger partial charge in [0.15, 0.2) is 5.41 Å². The fourth-order valence-corrected chi connectivity index (χ4v) is 6.43. The van der Waals surface area contributed by atoms with Gasteiger partial charge in [-0.25, -0.2) is 9.78 Å². The van der Waals surface area contributed by atoms with E-state index >= 15 is 0 Å². The molecule has 5 heterocycles. The van der Waals surface area contributed by atoms with E-state index in [2.05, 4.69) is 5.32 Å². The zero-order chi connectivity index (χ0) is 26.9. The summed E-state index contributed by atoms with van der Waals surface area (Å²) in [6.45, 7) is 2.38. The molecule has 9 nitrogen and oxygen atoms in total. The van der Waals surface area contributed by atoms with Gasteiger partial charge in [-0.2, -0.15) is 0 Å². The molecule has 2 atom stereocenters. The molecule has 1 saturated heterocycles. The zero-order valence-corrected chi connectivity index (χ0v) is 21.3. The standard InChI is InChI=1S/C30H25N5O4/c1-18-8-7-14-34-24(18)31-25-22(26(34)36)16-30(23-21-12-6-5-11-20(21)13-15-33(23)25)27(37)32-29(39)35(28(30)38)17-19-9-3-2-4-10-19/h2-12,14,23H,13,15-17H2,1H3,(H,32,37,39)/t23-,30-/m1/s1. The van der Waals surface area contributed by atoms with Gasteiger partial charge >= 0.3 is 6.03 Å². The summed E-state index contributed by atoms with van der Waals surface area (Å²) in [5.41, 5.74) is 2.25. The summed E-state index contributed by atoms with van der Waals surface area (Å²) in [4.78, 5) is 63.4. The minimum atomic E-state index is -1.73. The Morgan fingerprint density at radius 3 is 2.56 bits per heavy atom. The van der Waals surface area contributed by atoms with E-state index in [-0.39, 0.29) is 18.5 Å². The number of benzene rings is 2. The second-order valence-corrected chi connectivity index (χ2v) is 10.4. The number of hydrogen-bond donors (Lipinski definition) is 1. The van der Waals surface area contributed by atoms with Gasteiger partial charge in [0.1, 0.15) is 11.5 Å². The number of carbonyl (C=O) groups excluding carboxylic acids is 3. The summed E-state index contributed by atoms with van der Waals surface area (Å²) in [5, 5.41) is 2.47. The van der Waals surface area contributed by atoms with Gasteiger partial charge < -0.3 is 4.90 Å². The highest BCUT2D eigenvalue weighted by Gasteiger charge is 2.64. The van der Waals surface area contributed by atoms with Crippen LogP contribution in [0.1, 0.15) is 33.9 Å². The lowest BCUT2D eigenvalue weighted by Gasteiger charge is -2.53. The lowest BCUT2D eigenvalue weighted by molar-refractivity contribution is -0.154. The van der Waals surface area contributed by atoms with Gasteiger partial charge in [-0.15, -0.1) is 0 Å². The summed E-state index contributed by atoms with van der Waals surface area (Å²) in [5.74, 6) is -0.800. The first-order chi connectivity index (χ1) is 18.9. The molecule has 9 heteroatoms. The van der Waals surface area contributed by atoms with E-state index in [9.17, 15) is 19.2 Å². The first-order valence-corrected chi connectivity index (χ1v) is 13.0. The van der Waals surface area contributed by atoms with Crippen LogP contribution in [0.25, 0.3) is 5.65 Å². The maximum Gasteiger partial charge on any atom is 0.331 e. The van der Waals surface area contributed by atoms with Crippen molar-refractivity contribution in [1.82, 2.24) is 19.6 Å². The largest absolute Gasteiger partial charge is 0.347 e. The third-order valence-corrected chi connectivity index (χ3v) is 8.28. The molecule has 1 fully saturated rings. The number of nitrogens with zero attached hydrogens (tertiary/aromatic N) is 4. The Balaban J connectivity index is 1.48. The minimum Gasteiger partial charge on any atom is -0.347 e. The minimum absolute atomic E-state index is 0.00983. The third kappa shape index (κ3) is 3.22. The van der Waals surface area contributed by atoms with Crippen LogP contribution in [0.4, 0.5) is 10.6 Å². The van der Waals surface area contributed by atoms with Crippen LogP contribution in [-0.2, 0) is 29.0 Å². The van der Waals surface area contributed by atoms with Crippen LogP contribution in [0.2, 0.25) is 0 Å². The van der Waals surface area contributed by atoms with Crippen molar-refractivity contribution in [1.29, 1.82) is 0 Å². The quantitative estimate of drug-likeness (QED) is 0.409. The number of pyridine rings is 1. The fourth-order valence-electron chi connectivity index (χ4n) is 6.43. The van der Waals surface area contributed by atoms with Gasteiger partial charge in [0.05, 0.1) is 18.2 Å². The van der Waals surface area contributed by atoms with Crippen molar-refractivity contribution in [2.24, 2.45) is 5.41 Å². The second kappa shape index (κ2) is 8.36. The van der Waals surface area contributed by atoms with Crippen molar-refractivity contribution in [3.05, 3.63) is 111 Å². The molecule has 194 valence electrons. The highest BCUT2D eigenvalue weighted by molar-refractivity contribution is 6.20. The Labute approximate surface area is 223 Å². The number of barbiturate groups is 1. The Kier molecular flexibility index (Phi) is 5.00. The monoisotopic (exact) mass is 519 g/mol. The number of amides is 4. The molecule has 2 aromatic heterocycles. The van der Waals surface area contributed by atoms with E-state index < -0.39 is 29.3 Å². The summed E-state index contributed by atoms with van der Waals surface area (Å²) < 4.78 is 1.47.